The molecule has 0 aromatic heterocycles. The number of amides is 1. The molecule has 3 rings (SSSR count). The lowest BCUT2D eigenvalue weighted by Gasteiger charge is -2.13. The highest BCUT2D eigenvalue weighted by Gasteiger charge is 2.15. The lowest BCUT2D eigenvalue weighted by Crippen LogP contribution is -2.18. The summed E-state index contributed by atoms with van der Waals surface area (Å²) in [6.07, 6.45) is 1.45. The Labute approximate surface area is 215 Å². The number of nitrogens with one attached hydrogen (secondary N) is 1. The molecule has 32 heavy (non-hydrogen) atoms. The fourth-order valence-electron chi connectivity index (χ4n) is 2.65. The van der Waals surface area contributed by atoms with Crippen molar-refractivity contribution in [2.24, 2.45) is 5.10 Å². The first-order valence-electron chi connectivity index (χ1n) is 9.05. The fraction of sp³-hybridized carbons (Fsp3) is 0.0909. The van der Waals surface area contributed by atoms with E-state index in [4.69, 9.17) is 21.1 Å². The van der Waals surface area contributed by atoms with Gasteiger partial charge in [-0.3, -0.25) is 4.79 Å². The topological polar surface area (TPSA) is 80.2 Å². The number of aromatic hydroxyl groups is 1. The third-order valence-corrected chi connectivity index (χ3v) is 6.38. The molecule has 2 N–H and O–H groups in total. The van der Waals surface area contributed by atoms with Gasteiger partial charge in [0.25, 0.3) is 5.91 Å². The van der Waals surface area contributed by atoms with Crippen LogP contribution in [0, 0.1) is 0 Å². The van der Waals surface area contributed by atoms with Crippen LogP contribution in [0.25, 0.3) is 0 Å². The van der Waals surface area contributed by atoms with Crippen molar-refractivity contribution in [1.29, 1.82) is 0 Å². The summed E-state index contributed by atoms with van der Waals surface area (Å²) in [5.41, 5.74) is 3.96. The number of ether oxygens (including phenoxy) is 2. The molecule has 3 aromatic carbocycles. The number of carbonyl (C=O) groups excluding carboxylic acids is 1. The second-order valence-electron chi connectivity index (χ2n) is 6.39. The molecule has 0 aliphatic carbocycles. The van der Waals surface area contributed by atoms with Gasteiger partial charge < -0.3 is 14.6 Å². The van der Waals surface area contributed by atoms with Gasteiger partial charge in [0.05, 0.1) is 23.4 Å². The summed E-state index contributed by atoms with van der Waals surface area (Å²) in [4.78, 5) is 12.4. The molecule has 0 radical (unpaired) electrons. The van der Waals surface area contributed by atoms with E-state index >= 15 is 0 Å². The van der Waals surface area contributed by atoms with Crippen molar-refractivity contribution in [2.45, 2.75) is 6.61 Å². The van der Waals surface area contributed by atoms with E-state index in [2.05, 4.69) is 58.3 Å². The first-order chi connectivity index (χ1) is 15.3. The van der Waals surface area contributed by atoms with Crippen molar-refractivity contribution >= 4 is 71.5 Å². The highest BCUT2D eigenvalue weighted by molar-refractivity contribution is 9.11. The quantitative estimate of drug-likeness (QED) is 0.222. The molecule has 0 saturated carbocycles. The molecule has 1 amide bonds. The van der Waals surface area contributed by atoms with Gasteiger partial charge in [0, 0.05) is 25.1 Å². The van der Waals surface area contributed by atoms with Crippen LogP contribution in [0.5, 0.6) is 17.2 Å². The number of phenolic OH excluding ortho intramolecular Hbond substituents is 1. The van der Waals surface area contributed by atoms with Crippen LogP contribution in [-0.2, 0) is 6.61 Å². The van der Waals surface area contributed by atoms with Crippen LogP contribution in [0.2, 0.25) is 5.02 Å². The monoisotopic (exact) mass is 644 g/mol. The summed E-state index contributed by atoms with van der Waals surface area (Å²) in [5.74, 6) is 0.262. The van der Waals surface area contributed by atoms with E-state index in [0.29, 0.717) is 35.5 Å². The van der Waals surface area contributed by atoms with Crippen LogP contribution >= 0.6 is 59.4 Å². The summed E-state index contributed by atoms with van der Waals surface area (Å²) in [7, 11) is 1.53. The third-order valence-electron chi connectivity index (χ3n) is 4.27. The Hall–Kier alpha value is -2.07. The number of nitrogens with zero attached hydrogens (tertiary/aromatic N) is 1. The second-order valence-corrected chi connectivity index (χ2v) is 9.42. The number of carbonyl (C=O) groups is 1. The first kappa shape index (κ1) is 24.6. The lowest BCUT2D eigenvalue weighted by molar-refractivity contribution is 0.0952. The summed E-state index contributed by atoms with van der Waals surface area (Å²) >= 11 is 16.1. The van der Waals surface area contributed by atoms with Crippen LogP contribution in [0.1, 0.15) is 21.5 Å². The third kappa shape index (κ3) is 6.04. The van der Waals surface area contributed by atoms with Crippen molar-refractivity contribution in [2.75, 3.05) is 7.11 Å². The number of hydrogen-bond acceptors (Lipinski definition) is 5. The van der Waals surface area contributed by atoms with Crippen LogP contribution in [-0.4, -0.2) is 24.3 Å². The molecule has 0 heterocycles. The molecule has 0 fully saturated rings. The number of methoxy groups -OCH3 is 1. The summed E-state index contributed by atoms with van der Waals surface area (Å²) in [5, 5.41) is 14.7. The van der Waals surface area contributed by atoms with E-state index in [0.717, 1.165) is 5.56 Å². The zero-order valence-electron chi connectivity index (χ0n) is 16.5. The first-order valence-corrected chi connectivity index (χ1v) is 11.8. The van der Waals surface area contributed by atoms with Gasteiger partial charge in [-0.05, 0) is 62.2 Å². The van der Waals surface area contributed by atoms with E-state index in [-0.39, 0.29) is 17.9 Å². The standard InChI is InChI=1S/C22H16Br3ClN2O4/c1-31-19-6-13(10-27-28-22(30)15-7-14(23)8-17(25)21(15)29)16(24)9-20(19)32-11-12-4-2-3-5-18(12)26/h2-10,29H,11H2,1H3,(H,28,30). The molecule has 3 aromatic rings. The number of halogens is 4. The highest BCUT2D eigenvalue weighted by atomic mass is 79.9. The van der Waals surface area contributed by atoms with Gasteiger partial charge in [0.1, 0.15) is 12.4 Å². The van der Waals surface area contributed by atoms with Crippen molar-refractivity contribution in [3.8, 4) is 17.2 Å². The maximum Gasteiger partial charge on any atom is 0.275 e. The van der Waals surface area contributed by atoms with Gasteiger partial charge >= 0.3 is 0 Å². The number of hydrogen-bond donors (Lipinski definition) is 2. The molecule has 0 aliphatic rings. The van der Waals surface area contributed by atoms with Gasteiger partial charge in [-0.1, -0.05) is 45.7 Å². The molecule has 0 saturated heterocycles. The molecule has 0 aliphatic heterocycles. The maximum absolute atomic E-state index is 12.4. The van der Waals surface area contributed by atoms with E-state index < -0.39 is 5.91 Å². The van der Waals surface area contributed by atoms with Gasteiger partial charge in [-0.15, -0.1) is 0 Å². The SMILES string of the molecule is COc1cc(C=NNC(=O)c2cc(Br)cc(Br)c2O)c(Br)cc1OCc1ccccc1Cl. The molecule has 6 nitrogen and oxygen atoms in total. The zero-order chi connectivity index (χ0) is 23.3. The molecular weight excluding hydrogens is 631 g/mol. The number of phenols is 1. The molecule has 0 atom stereocenters. The Morgan fingerprint density at radius 1 is 1.12 bits per heavy atom. The number of benzene rings is 3. The Kier molecular flexibility index (Phi) is 8.58. The molecule has 0 bridgehead atoms. The Morgan fingerprint density at radius 3 is 2.59 bits per heavy atom. The van der Waals surface area contributed by atoms with E-state index in [9.17, 15) is 9.90 Å². The molecule has 0 spiro atoms. The molecule has 10 heteroatoms. The van der Waals surface area contributed by atoms with E-state index in [1.807, 2.05) is 18.2 Å². The average Bonchev–Trinajstić information content (AvgIpc) is 2.76. The highest BCUT2D eigenvalue weighted by Crippen LogP contribution is 2.34. The smallest absolute Gasteiger partial charge is 0.275 e. The summed E-state index contributed by atoms with van der Waals surface area (Å²) in [6.45, 7) is 0.275. The maximum atomic E-state index is 12.4. The van der Waals surface area contributed by atoms with Crippen LogP contribution in [0.4, 0.5) is 0 Å². The normalized spacial score (nSPS) is 10.9. The minimum absolute atomic E-state index is 0.0726. The lowest BCUT2D eigenvalue weighted by atomic mass is 10.2. The number of hydrazone groups is 1. The van der Waals surface area contributed by atoms with Crippen molar-refractivity contribution in [3.05, 3.63) is 83.7 Å². The Morgan fingerprint density at radius 2 is 1.88 bits per heavy atom. The Balaban J connectivity index is 1.74. The molecule has 166 valence electrons. The average molecular weight is 648 g/mol. The van der Waals surface area contributed by atoms with Gasteiger partial charge in [-0.25, -0.2) is 5.43 Å². The predicted octanol–water partition coefficient (Wildman–Crippen LogP) is 6.68. The molecular formula is C22H16Br3ClN2O4. The van der Waals surface area contributed by atoms with E-state index in [1.54, 1.807) is 24.3 Å². The van der Waals surface area contributed by atoms with Crippen molar-refractivity contribution in [1.82, 2.24) is 5.43 Å². The summed E-state index contributed by atoms with van der Waals surface area (Å²) < 4.78 is 13.0. The summed E-state index contributed by atoms with van der Waals surface area (Å²) in [6, 6.07) is 14.0. The van der Waals surface area contributed by atoms with Crippen molar-refractivity contribution < 1.29 is 19.4 Å². The fourth-order valence-corrected chi connectivity index (χ4v) is 4.49. The van der Waals surface area contributed by atoms with Gasteiger partial charge in [0.15, 0.2) is 11.5 Å². The van der Waals surface area contributed by atoms with Gasteiger partial charge in [-0.2, -0.15) is 5.10 Å². The van der Waals surface area contributed by atoms with Crippen LogP contribution < -0.4 is 14.9 Å². The van der Waals surface area contributed by atoms with Crippen LogP contribution in [0.3, 0.4) is 0 Å². The van der Waals surface area contributed by atoms with Gasteiger partial charge in [0.2, 0.25) is 0 Å². The minimum Gasteiger partial charge on any atom is -0.506 e. The molecule has 0 unspecified atom stereocenters. The second kappa shape index (κ2) is 11.2. The largest absolute Gasteiger partial charge is 0.506 e. The number of rotatable bonds is 7. The minimum atomic E-state index is -0.566. The predicted molar refractivity (Wildman–Crippen MR) is 135 cm³/mol. The Bertz CT molecular complexity index is 1190. The van der Waals surface area contributed by atoms with Crippen LogP contribution in [0.15, 0.2) is 67.1 Å². The zero-order valence-corrected chi connectivity index (χ0v) is 22.0. The van der Waals surface area contributed by atoms with E-state index in [1.165, 1.54) is 19.4 Å². The van der Waals surface area contributed by atoms with Crippen molar-refractivity contribution in [3.63, 3.8) is 0 Å².